The smallest absolute Gasteiger partial charge is 0.343 e. The summed E-state index contributed by atoms with van der Waals surface area (Å²) in [6, 6.07) is 20.2. The molecular formula is C22H20N6O3. The number of amides is 2. The Morgan fingerprint density at radius 3 is 2.65 bits per heavy atom. The van der Waals surface area contributed by atoms with E-state index in [2.05, 4.69) is 26.0 Å². The molecule has 0 fully saturated rings. The molecule has 0 saturated carbocycles. The highest BCUT2D eigenvalue weighted by Gasteiger charge is 2.10. The van der Waals surface area contributed by atoms with Crippen LogP contribution in [-0.4, -0.2) is 21.9 Å². The number of benzene rings is 3. The molecule has 1 heterocycles. The number of fused-ring (bicyclic) bond motifs is 1. The third kappa shape index (κ3) is 5.15. The highest BCUT2D eigenvalue weighted by Crippen LogP contribution is 2.21. The third-order valence-corrected chi connectivity index (χ3v) is 4.42. The van der Waals surface area contributed by atoms with Crippen LogP contribution in [0.1, 0.15) is 18.4 Å². The number of hydrazone groups is 1. The van der Waals surface area contributed by atoms with Gasteiger partial charge in [0.15, 0.2) is 6.61 Å². The quantitative estimate of drug-likeness (QED) is 0.248. The van der Waals surface area contributed by atoms with Gasteiger partial charge in [-0.3, -0.25) is 5.32 Å². The average Bonchev–Trinajstić information content (AvgIpc) is 3.23. The van der Waals surface area contributed by atoms with Crippen LogP contribution >= 0.6 is 0 Å². The molecule has 0 spiro atoms. The number of carbonyl (C=O) groups excluding carboxylic acids is 1. The summed E-state index contributed by atoms with van der Waals surface area (Å²) in [5.74, 6) is 0.904. The van der Waals surface area contributed by atoms with Gasteiger partial charge in [-0.25, -0.2) is 10.2 Å². The molecule has 4 rings (SSSR count). The first-order valence-corrected chi connectivity index (χ1v) is 9.48. The fourth-order valence-corrected chi connectivity index (χ4v) is 2.81. The number of ether oxygens (including phenoxy) is 1. The maximum Gasteiger partial charge on any atom is 0.343 e. The van der Waals surface area contributed by atoms with Crippen molar-refractivity contribution in [2.75, 3.05) is 11.1 Å². The molecule has 3 aromatic carbocycles. The monoisotopic (exact) mass is 416 g/mol. The van der Waals surface area contributed by atoms with Gasteiger partial charge in [0.2, 0.25) is 0 Å². The van der Waals surface area contributed by atoms with Gasteiger partial charge in [-0.2, -0.15) is 5.10 Å². The number of hydrogen-bond donors (Lipinski definition) is 3. The number of urea groups is 1. The summed E-state index contributed by atoms with van der Waals surface area (Å²) in [6.07, 6.45) is 0. The van der Waals surface area contributed by atoms with Crippen molar-refractivity contribution in [1.82, 2.24) is 15.6 Å². The predicted octanol–water partition coefficient (Wildman–Crippen LogP) is 3.93. The molecule has 0 aliphatic carbocycles. The van der Waals surface area contributed by atoms with E-state index in [-0.39, 0.29) is 18.5 Å². The minimum Gasteiger partial charge on any atom is -0.484 e. The number of rotatable bonds is 6. The summed E-state index contributed by atoms with van der Waals surface area (Å²) in [5.41, 5.74) is 10.1. The van der Waals surface area contributed by atoms with E-state index >= 15 is 0 Å². The van der Waals surface area contributed by atoms with E-state index in [9.17, 15) is 4.79 Å². The molecule has 9 heteroatoms. The van der Waals surface area contributed by atoms with Crippen molar-refractivity contribution < 1.29 is 13.9 Å². The largest absolute Gasteiger partial charge is 0.484 e. The third-order valence-electron chi connectivity index (χ3n) is 4.42. The van der Waals surface area contributed by atoms with E-state index in [0.717, 1.165) is 16.3 Å². The Morgan fingerprint density at radius 1 is 1.06 bits per heavy atom. The van der Waals surface area contributed by atoms with Crippen LogP contribution in [0.25, 0.3) is 10.8 Å². The van der Waals surface area contributed by atoms with Gasteiger partial charge < -0.3 is 14.9 Å². The van der Waals surface area contributed by atoms with Gasteiger partial charge in [-0.15, -0.1) is 5.10 Å². The molecule has 0 atom stereocenters. The molecular weight excluding hydrogens is 396 g/mol. The summed E-state index contributed by atoms with van der Waals surface area (Å²) < 4.78 is 11.1. The molecule has 0 radical (unpaired) electrons. The van der Waals surface area contributed by atoms with E-state index in [1.54, 1.807) is 19.1 Å². The Hall–Kier alpha value is -4.40. The van der Waals surface area contributed by atoms with Crippen molar-refractivity contribution in [3.63, 3.8) is 0 Å². The highest BCUT2D eigenvalue weighted by atomic mass is 16.5. The maximum absolute atomic E-state index is 12.0. The van der Waals surface area contributed by atoms with Crippen molar-refractivity contribution in [2.45, 2.75) is 13.5 Å². The zero-order valence-electron chi connectivity index (χ0n) is 16.7. The Balaban J connectivity index is 1.30. The van der Waals surface area contributed by atoms with Gasteiger partial charge in [0.25, 0.3) is 5.89 Å². The number of aromatic nitrogens is 2. The Bertz CT molecular complexity index is 1230. The van der Waals surface area contributed by atoms with Crippen molar-refractivity contribution in [3.8, 4) is 5.75 Å². The molecule has 4 aromatic rings. The van der Waals surface area contributed by atoms with Crippen LogP contribution in [0, 0.1) is 0 Å². The standard InChI is InChI=1S/C22H20N6O3/c1-14(15-6-9-18(23)10-7-15)25-27-21(29)24-22-28-26-20(31-22)13-30-19-11-8-16-4-2-3-5-17(16)12-19/h2-12H,13,23H2,1H3,(H2,24,27,28,29)/b25-14-. The number of hydrogen-bond acceptors (Lipinski definition) is 7. The fraction of sp³-hybridized carbons (Fsp3) is 0.0909. The van der Waals surface area contributed by atoms with Crippen LogP contribution in [0.4, 0.5) is 16.5 Å². The number of nitrogens with one attached hydrogen (secondary N) is 2. The van der Waals surface area contributed by atoms with Gasteiger partial charge in [0, 0.05) is 5.69 Å². The first-order valence-electron chi connectivity index (χ1n) is 9.48. The number of nitrogens with two attached hydrogens (primary N) is 1. The van der Waals surface area contributed by atoms with Crippen LogP contribution < -0.4 is 21.2 Å². The number of nitrogens with zero attached hydrogens (tertiary/aromatic N) is 3. The first kappa shape index (κ1) is 19.9. The molecule has 0 unspecified atom stereocenters. The topological polar surface area (TPSA) is 128 Å². The van der Waals surface area contributed by atoms with Crippen molar-refractivity contribution in [1.29, 1.82) is 0 Å². The Morgan fingerprint density at radius 2 is 1.84 bits per heavy atom. The van der Waals surface area contributed by atoms with E-state index in [0.29, 0.717) is 17.1 Å². The molecule has 4 N–H and O–H groups in total. The van der Waals surface area contributed by atoms with Crippen LogP contribution in [0.5, 0.6) is 5.75 Å². The van der Waals surface area contributed by atoms with Crippen molar-refractivity contribution in [3.05, 3.63) is 78.2 Å². The summed E-state index contributed by atoms with van der Waals surface area (Å²) >= 11 is 0. The number of anilines is 2. The number of nitrogen functional groups attached to an aromatic ring is 1. The van der Waals surface area contributed by atoms with Crippen LogP contribution in [0.3, 0.4) is 0 Å². The van der Waals surface area contributed by atoms with Crippen molar-refractivity contribution >= 4 is 34.2 Å². The van der Waals surface area contributed by atoms with Crippen molar-refractivity contribution in [2.24, 2.45) is 5.10 Å². The lowest BCUT2D eigenvalue weighted by Gasteiger charge is -2.05. The van der Waals surface area contributed by atoms with Gasteiger partial charge in [-0.1, -0.05) is 47.6 Å². The van der Waals surface area contributed by atoms with Gasteiger partial charge in [0.05, 0.1) is 5.71 Å². The summed E-state index contributed by atoms with van der Waals surface area (Å²) in [6.45, 7) is 1.84. The molecule has 9 nitrogen and oxygen atoms in total. The zero-order chi connectivity index (χ0) is 21.6. The second-order valence-electron chi connectivity index (χ2n) is 6.68. The zero-order valence-corrected chi connectivity index (χ0v) is 16.7. The van der Waals surface area contributed by atoms with Gasteiger partial charge in [-0.05, 0) is 47.5 Å². The van der Waals surface area contributed by atoms with Crippen LogP contribution in [0.2, 0.25) is 0 Å². The van der Waals surface area contributed by atoms with Crippen LogP contribution in [-0.2, 0) is 6.61 Å². The SMILES string of the molecule is C/C(=N/NC(=O)Nc1nnc(COc2ccc3ccccc3c2)o1)c1ccc(N)cc1. The Kier molecular flexibility index (Phi) is 5.75. The lowest BCUT2D eigenvalue weighted by Crippen LogP contribution is -2.25. The molecule has 0 aliphatic heterocycles. The molecule has 0 bridgehead atoms. The maximum atomic E-state index is 12.0. The Labute approximate surface area is 177 Å². The average molecular weight is 416 g/mol. The molecule has 31 heavy (non-hydrogen) atoms. The summed E-state index contributed by atoms with van der Waals surface area (Å²) in [4.78, 5) is 12.0. The fourth-order valence-electron chi connectivity index (χ4n) is 2.81. The lowest BCUT2D eigenvalue weighted by molar-refractivity contribution is 0.250. The first-order chi connectivity index (χ1) is 15.1. The molecule has 2 amide bonds. The van der Waals surface area contributed by atoms with E-state index in [1.165, 1.54) is 0 Å². The molecule has 0 saturated heterocycles. The summed E-state index contributed by atoms with van der Waals surface area (Å²) in [5, 5.41) is 16.3. The van der Waals surface area contributed by atoms with E-state index < -0.39 is 6.03 Å². The molecule has 0 aliphatic rings. The van der Waals surface area contributed by atoms with E-state index in [4.69, 9.17) is 14.9 Å². The van der Waals surface area contributed by atoms with Gasteiger partial charge >= 0.3 is 12.0 Å². The second-order valence-corrected chi connectivity index (χ2v) is 6.68. The minimum absolute atomic E-state index is 0.0602. The molecule has 156 valence electrons. The number of carbonyl (C=O) groups is 1. The van der Waals surface area contributed by atoms with E-state index in [1.807, 2.05) is 54.6 Å². The molecule has 1 aromatic heterocycles. The minimum atomic E-state index is -0.611. The van der Waals surface area contributed by atoms with Crippen LogP contribution in [0.15, 0.2) is 76.2 Å². The summed E-state index contributed by atoms with van der Waals surface area (Å²) in [7, 11) is 0. The van der Waals surface area contributed by atoms with Gasteiger partial charge in [0.1, 0.15) is 5.75 Å². The highest BCUT2D eigenvalue weighted by molar-refractivity contribution is 6.00. The second kappa shape index (κ2) is 8.95. The lowest BCUT2D eigenvalue weighted by atomic mass is 10.1. The normalized spacial score (nSPS) is 11.3. The predicted molar refractivity (Wildman–Crippen MR) is 118 cm³/mol.